The van der Waals surface area contributed by atoms with Gasteiger partial charge in [-0.25, -0.2) is 4.79 Å². The number of rotatable bonds is 7. The van der Waals surface area contributed by atoms with Gasteiger partial charge in [0.05, 0.1) is 33.1 Å². The van der Waals surface area contributed by atoms with Crippen molar-refractivity contribution in [3.63, 3.8) is 0 Å². The Morgan fingerprint density at radius 3 is 2.63 bits per heavy atom. The molecule has 1 amide bonds. The number of hydrogen-bond acceptors (Lipinski definition) is 6. The van der Waals surface area contributed by atoms with Crippen molar-refractivity contribution in [3.8, 4) is 12.3 Å². The van der Waals surface area contributed by atoms with E-state index in [2.05, 4.69) is 20.7 Å². The molecule has 0 radical (unpaired) electrons. The van der Waals surface area contributed by atoms with Gasteiger partial charge in [-0.05, 0) is 24.0 Å². The minimum absolute atomic E-state index is 0.0537. The second kappa shape index (κ2) is 8.69. The molecule has 0 spiro atoms. The Morgan fingerprint density at radius 1 is 1.30 bits per heavy atom. The summed E-state index contributed by atoms with van der Waals surface area (Å²) in [6.45, 7) is 0. The van der Waals surface area contributed by atoms with Crippen molar-refractivity contribution >= 4 is 17.8 Å². The molecule has 0 saturated carbocycles. The van der Waals surface area contributed by atoms with E-state index in [0.29, 0.717) is 0 Å². The van der Waals surface area contributed by atoms with Crippen LogP contribution < -0.4 is 5.32 Å². The van der Waals surface area contributed by atoms with Gasteiger partial charge >= 0.3 is 11.9 Å². The molecule has 1 aromatic carbocycles. The molecule has 1 aromatic rings. The number of terminal acetylenes is 1. The summed E-state index contributed by atoms with van der Waals surface area (Å²) in [5, 5.41) is 13.2. The lowest BCUT2D eigenvalue weighted by Gasteiger charge is -2.26. The first kappa shape index (κ1) is 20.5. The molecule has 2 rings (SSSR count). The predicted molar refractivity (Wildman–Crippen MR) is 96.5 cm³/mol. The van der Waals surface area contributed by atoms with Crippen LogP contribution in [0.25, 0.3) is 0 Å². The van der Waals surface area contributed by atoms with Gasteiger partial charge in [0.2, 0.25) is 5.91 Å². The lowest BCUT2D eigenvalue weighted by Crippen LogP contribution is -2.48. The smallest absolute Gasteiger partial charge is 0.339 e. The topological polar surface area (TPSA) is 102 Å². The van der Waals surface area contributed by atoms with E-state index in [9.17, 15) is 19.5 Å². The average Bonchev–Trinajstić information content (AvgIpc) is 3.09. The summed E-state index contributed by atoms with van der Waals surface area (Å²) in [6.07, 6.45) is 5.91. The fraction of sp³-hybridized carbons (Fsp3) is 0.450. The molecule has 0 fully saturated rings. The Hall–Kier alpha value is -2.85. The minimum Gasteiger partial charge on any atom is -0.469 e. The Kier molecular flexibility index (Phi) is 6.59. The third-order valence-corrected chi connectivity index (χ3v) is 4.76. The predicted octanol–water partition coefficient (Wildman–Crippen LogP) is 0.692. The van der Waals surface area contributed by atoms with Crippen LogP contribution in [0.1, 0.15) is 36.3 Å². The van der Waals surface area contributed by atoms with E-state index in [0.717, 1.165) is 32.6 Å². The van der Waals surface area contributed by atoms with Crippen molar-refractivity contribution in [1.82, 2.24) is 5.32 Å². The summed E-state index contributed by atoms with van der Waals surface area (Å²) >= 11 is 0. The number of aliphatic hydroxyl groups is 1. The molecule has 27 heavy (non-hydrogen) atoms. The summed E-state index contributed by atoms with van der Waals surface area (Å²) in [5.74, 6) is -0.0621. The fourth-order valence-electron chi connectivity index (χ4n) is 3.39. The number of amides is 1. The molecule has 0 bridgehead atoms. The van der Waals surface area contributed by atoms with Crippen LogP contribution in [0.5, 0.6) is 0 Å². The second-order valence-corrected chi connectivity index (χ2v) is 6.51. The first-order chi connectivity index (χ1) is 12.8. The van der Waals surface area contributed by atoms with Gasteiger partial charge in [0.25, 0.3) is 0 Å². The molecule has 144 valence electrons. The largest absolute Gasteiger partial charge is 0.469 e. The van der Waals surface area contributed by atoms with Gasteiger partial charge in [0.15, 0.2) is 5.60 Å². The highest BCUT2D eigenvalue weighted by Gasteiger charge is 2.43. The first-order valence-electron chi connectivity index (χ1n) is 8.55. The number of carbonyl (C=O) groups excluding carboxylic acids is 3. The van der Waals surface area contributed by atoms with Crippen LogP contribution >= 0.6 is 0 Å². The molecule has 3 unspecified atom stereocenters. The van der Waals surface area contributed by atoms with Gasteiger partial charge in [-0.3, -0.25) is 9.59 Å². The molecule has 0 saturated heterocycles. The van der Waals surface area contributed by atoms with Crippen molar-refractivity contribution in [2.45, 2.75) is 43.2 Å². The SMILES string of the molecule is C#CC(NC(=O)CC(O)(CC(=O)OC)C(=O)OC)C1CCc2ccccc21. The highest BCUT2D eigenvalue weighted by molar-refractivity contribution is 5.91. The van der Waals surface area contributed by atoms with Gasteiger partial charge in [-0.15, -0.1) is 6.42 Å². The van der Waals surface area contributed by atoms with E-state index >= 15 is 0 Å². The zero-order valence-electron chi connectivity index (χ0n) is 15.4. The number of hydrogen-bond donors (Lipinski definition) is 2. The zero-order valence-corrected chi connectivity index (χ0v) is 15.4. The first-order valence-corrected chi connectivity index (χ1v) is 8.55. The van der Waals surface area contributed by atoms with E-state index in [1.54, 1.807) is 0 Å². The maximum Gasteiger partial charge on any atom is 0.339 e. The van der Waals surface area contributed by atoms with Crippen molar-refractivity contribution in [2.24, 2.45) is 0 Å². The molecule has 2 N–H and O–H groups in total. The quantitative estimate of drug-likeness (QED) is 0.539. The molecule has 7 heteroatoms. The molecule has 1 aliphatic rings. The van der Waals surface area contributed by atoms with E-state index in [1.165, 1.54) is 5.56 Å². The van der Waals surface area contributed by atoms with Crippen molar-refractivity contribution in [2.75, 3.05) is 14.2 Å². The summed E-state index contributed by atoms with van der Waals surface area (Å²) in [6, 6.07) is 7.27. The Morgan fingerprint density at radius 2 is 2.00 bits per heavy atom. The number of carbonyl (C=O) groups is 3. The monoisotopic (exact) mass is 373 g/mol. The Bertz CT molecular complexity index is 768. The molecule has 7 nitrogen and oxygen atoms in total. The average molecular weight is 373 g/mol. The lowest BCUT2D eigenvalue weighted by atomic mass is 9.92. The molecule has 0 heterocycles. The summed E-state index contributed by atoms with van der Waals surface area (Å²) in [4.78, 5) is 35.9. The maximum atomic E-state index is 12.5. The van der Waals surface area contributed by atoms with E-state index in [-0.39, 0.29) is 5.92 Å². The number of benzene rings is 1. The maximum absolute atomic E-state index is 12.5. The lowest BCUT2D eigenvalue weighted by molar-refractivity contribution is -0.171. The van der Waals surface area contributed by atoms with Crippen molar-refractivity contribution in [1.29, 1.82) is 0 Å². The molecular weight excluding hydrogens is 350 g/mol. The van der Waals surface area contributed by atoms with Crippen molar-refractivity contribution < 1.29 is 29.0 Å². The van der Waals surface area contributed by atoms with Gasteiger partial charge in [0.1, 0.15) is 0 Å². The number of nitrogens with one attached hydrogen (secondary N) is 1. The van der Waals surface area contributed by atoms with Gasteiger partial charge in [-0.1, -0.05) is 30.2 Å². The van der Waals surface area contributed by atoms with E-state index < -0.39 is 42.3 Å². The van der Waals surface area contributed by atoms with Gasteiger partial charge in [0, 0.05) is 5.92 Å². The van der Waals surface area contributed by atoms with E-state index in [4.69, 9.17) is 6.42 Å². The van der Waals surface area contributed by atoms with Crippen LogP contribution in [0, 0.1) is 12.3 Å². The Balaban J connectivity index is 2.11. The summed E-state index contributed by atoms with van der Waals surface area (Å²) in [7, 11) is 2.17. The molecule has 3 atom stereocenters. The summed E-state index contributed by atoms with van der Waals surface area (Å²) < 4.78 is 9.00. The number of fused-ring (bicyclic) bond motifs is 1. The third kappa shape index (κ3) is 4.66. The number of methoxy groups -OCH3 is 2. The Labute approximate surface area is 158 Å². The molecule has 0 aliphatic heterocycles. The fourth-order valence-corrected chi connectivity index (χ4v) is 3.39. The number of esters is 2. The summed E-state index contributed by atoms with van der Waals surface area (Å²) in [5.41, 5.74) is -0.0501. The van der Waals surface area contributed by atoms with E-state index in [1.807, 2.05) is 24.3 Å². The third-order valence-electron chi connectivity index (χ3n) is 4.76. The number of aryl methyl sites for hydroxylation is 1. The van der Waals surface area contributed by atoms with Crippen LogP contribution in [0.4, 0.5) is 0 Å². The standard InChI is InChI=1S/C20H23NO6/c1-4-16(15-10-9-13-7-5-6-8-14(13)15)21-17(22)11-20(25,19(24)27-3)12-18(23)26-2/h1,5-8,15-16,25H,9-12H2,2-3H3,(H,21,22). The van der Waals surface area contributed by atoms with Crippen LogP contribution in [0.2, 0.25) is 0 Å². The zero-order chi connectivity index (χ0) is 20.0. The highest BCUT2D eigenvalue weighted by Crippen LogP contribution is 2.35. The van der Waals surface area contributed by atoms with Crippen LogP contribution in [-0.4, -0.2) is 48.8 Å². The van der Waals surface area contributed by atoms with Crippen LogP contribution in [0.3, 0.4) is 0 Å². The molecule has 1 aliphatic carbocycles. The minimum atomic E-state index is -2.32. The second-order valence-electron chi connectivity index (χ2n) is 6.51. The van der Waals surface area contributed by atoms with Crippen molar-refractivity contribution in [3.05, 3.63) is 35.4 Å². The van der Waals surface area contributed by atoms with Gasteiger partial charge < -0.3 is 19.9 Å². The van der Waals surface area contributed by atoms with Crippen LogP contribution in [0.15, 0.2) is 24.3 Å². The number of ether oxygens (including phenoxy) is 2. The highest BCUT2D eigenvalue weighted by atomic mass is 16.5. The molecule has 0 aromatic heterocycles. The van der Waals surface area contributed by atoms with Crippen LogP contribution in [-0.2, 0) is 30.3 Å². The van der Waals surface area contributed by atoms with Gasteiger partial charge in [-0.2, -0.15) is 0 Å². The molecular formula is C20H23NO6. The normalized spacial score (nSPS) is 18.4.